The Balaban J connectivity index is 1.98. The van der Waals surface area contributed by atoms with E-state index in [4.69, 9.17) is 10.8 Å². The zero-order valence-electron chi connectivity index (χ0n) is 18.1. The number of carbonyl (C=O) groups is 3. The summed E-state index contributed by atoms with van der Waals surface area (Å²) in [5.41, 5.74) is 6.79. The van der Waals surface area contributed by atoms with Gasteiger partial charge < -0.3 is 26.2 Å². The van der Waals surface area contributed by atoms with Gasteiger partial charge in [0.15, 0.2) is 0 Å². The molecule has 172 valence electrons. The number of phenolic OH excluding ortho intramolecular Hbond substituents is 1. The number of carbonyl (C=O) groups excluding carboxylic acids is 2. The average molecular weight is 450 g/mol. The Kier molecular flexibility index (Phi) is 7.99. The van der Waals surface area contributed by atoms with Crippen molar-refractivity contribution in [3.05, 3.63) is 77.9 Å². The van der Waals surface area contributed by atoms with Crippen molar-refractivity contribution in [2.45, 2.75) is 25.4 Å². The van der Waals surface area contributed by atoms with Crippen LogP contribution in [0.2, 0.25) is 0 Å². The number of aliphatic carboxylic acids is 1. The zero-order valence-corrected chi connectivity index (χ0v) is 18.1. The molecule has 0 heterocycles. The standard InChI is InChI=1S/C25H27N3O5/c26-13-3-6-22(24(32)27-15-23(30)31)28(16-17-7-11-21(29)12-8-17)25(33)20-10-9-18-4-1-2-5-19(18)14-20/h1-2,4-5,7-12,14,22,29H,3,6,13,15-16,26H2,(H,27,32)(H,30,31)/t22-/m1/s1. The van der Waals surface area contributed by atoms with Crippen molar-refractivity contribution in [2.75, 3.05) is 13.1 Å². The molecule has 0 aliphatic rings. The number of carboxylic acids is 1. The molecule has 0 aliphatic heterocycles. The molecule has 0 bridgehead atoms. The predicted molar refractivity (Wildman–Crippen MR) is 125 cm³/mol. The van der Waals surface area contributed by atoms with Crippen LogP contribution in [-0.2, 0) is 16.1 Å². The lowest BCUT2D eigenvalue weighted by molar-refractivity contribution is -0.138. The summed E-state index contributed by atoms with van der Waals surface area (Å²) in [4.78, 5) is 39.0. The van der Waals surface area contributed by atoms with Crippen LogP contribution in [0.15, 0.2) is 66.7 Å². The largest absolute Gasteiger partial charge is 0.508 e. The van der Waals surface area contributed by atoms with E-state index in [0.29, 0.717) is 24.1 Å². The quantitative estimate of drug-likeness (QED) is 0.376. The fourth-order valence-corrected chi connectivity index (χ4v) is 3.63. The minimum Gasteiger partial charge on any atom is -0.508 e. The Hall–Kier alpha value is -3.91. The van der Waals surface area contributed by atoms with Crippen LogP contribution in [0.1, 0.15) is 28.8 Å². The maximum absolute atomic E-state index is 13.7. The highest BCUT2D eigenvalue weighted by Crippen LogP contribution is 2.22. The summed E-state index contributed by atoms with van der Waals surface area (Å²) in [6, 6.07) is 18.4. The van der Waals surface area contributed by atoms with Crippen LogP contribution in [0.4, 0.5) is 0 Å². The summed E-state index contributed by atoms with van der Waals surface area (Å²) >= 11 is 0. The Bertz CT molecular complexity index is 1130. The van der Waals surface area contributed by atoms with E-state index in [1.165, 1.54) is 17.0 Å². The lowest BCUT2D eigenvalue weighted by atomic mass is 10.0. The summed E-state index contributed by atoms with van der Waals surface area (Å²) in [6.45, 7) is -0.128. The molecule has 0 fully saturated rings. The molecule has 2 amide bonds. The van der Waals surface area contributed by atoms with Crippen LogP contribution in [0.5, 0.6) is 5.75 Å². The lowest BCUT2D eigenvalue weighted by Crippen LogP contribution is -2.50. The van der Waals surface area contributed by atoms with Gasteiger partial charge in [0, 0.05) is 12.1 Å². The van der Waals surface area contributed by atoms with Crippen LogP contribution < -0.4 is 11.1 Å². The molecule has 0 unspecified atom stereocenters. The molecule has 3 rings (SSSR count). The van der Waals surface area contributed by atoms with Crippen LogP contribution >= 0.6 is 0 Å². The number of fused-ring (bicyclic) bond motifs is 1. The first kappa shape index (κ1) is 23.7. The van der Waals surface area contributed by atoms with Crippen molar-refractivity contribution in [2.24, 2.45) is 5.73 Å². The third-order valence-corrected chi connectivity index (χ3v) is 5.32. The maximum atomic E-state index is 13.7. The fraction of sp³-hybridized carbons (Fsp3) is 0.240. The predicted octanol–water partition coefficient (Wildman–Crippen LogP) is 2.50. The Labute approximate surface area is 191 Å². The van der Waals surface area contributed by atoms with E-state index >= 15 is 0 Å². The first-order chi connectivity index (χ1) is 15.9. The molecule has 0 spiro atoms. The van der Waals surface area contributed by atoms with Gasteiger partial charge in [0.1, 0.15) is 18.3 Å². The van der Waals surface area contributed by atoms with Crippen molar-refractivity contribution < 1.29 is 24.6 Å². The van der Waals surface area contributed by atoms with E-state index < -0.39 is 24.5 Å². The molecule has 5 N–H and O–H groups in total. The van der Waals surface area contributed by atoms with Gasteiger partial charge in [0.2, 0.25) is 5.91 Å². The molecular weight excluding hydrogens is 422 g/mol. The van der Waals surface area contributed by atoms with Crippen molar-refractivity contribution in [1.82, 2.24) is 10.2 Å². The summed E-state index contributed by atoms with van der Waals surface area (Å²) in [5.74, 6) is -2.00. The molecule has 8 nitrogen and oxygen atoms in total. The van der Waals surface area contributed by atoms with Crippen LogP contribution in [0.25, 0.3) is 10.8 Å². The molecule has 3 aromatic carbocycles. The Morgan fingerprint density at radius 2 is 1.67 bits per heavy atom. The first-order valence-corrected chi connectivity index (χ1v) is 10.7. The monoisotopic (exact) mass is 449 g/mol. The van der Waals surface area contributed by atoms with Gasteiger partial charge in [-0.1, -0.05) is 42.5 Å². The zero-order chi connectivity index (χ0) is 23.8. The van der Waals surface area contributed by atoms with E-state index in [1.807, 2.05) is 30.3 Å². The van der Waals surface area contributed by atoms with E-state index in [0.717, 1.165) is 10.8 Å². The third-order valence-electron chi connectivity index (χ3n) is 5.32. The number of hydrogen-bond donors (Lipinski definition) is 4. The normalized spacial score (nSPS) is 11.7. The Morgan fingerprint density at radius 1 is 0.970 bits per heavy atom. The number of hydrogen-bond acceptors (Lipinski definition) is 5. The summed E-state index contributed by atoms with van der Waals surface area (Å²) in [6.07, 6.45) is 0.752. The van der Waals surface area contributed by atoms with Gasteiger partial charge in [-0.05, 0) is 60.0 Å². The number of nitrogens with zero attached hydrogens (tertiary/aromatic N) is 1. The minimum atomic E-state index is -1.17. The number of amides is 2. The molecule has 0 aromatic heterocycles. The van der Waals surface area contributed by atoms with Crippen LogP contribution in [-0.4, -0.2) is 52.0 Å². The molecule has 3 aromatic rings. The number of carboxylic acid groups (broad SMARTS) is 1. The van der Waals surface area contributed by atoms with Gasteiger partial charge in [0.05, 0.1) is 0 Å². The average Bonchev–Trinajstić information content (AvgIpc) is 2.82. The number of rotatable bonds is 10. The molecule has 0 saturated heterocycles. The number of nitrogens with two attached hydrogens (primary N) is 1. The summed E-state index contributed by atoms with van der Waals surface area (Å²) in [7, 11) is 0. The van der Waals surface area contributed by atoms with E-state index in [2.05, 4.69) is 5.32 Å². The van der Waals surface area contributed by atoms with Gasteiger partial charge >= 0.3 is 5.97 Å². The van der Waals surface area contributed by atoms with Crippen molar-refractivity contribution in [3.63, 3.8) is 0 Å². The fourth-order valence-electron chi connectivity index (χ4n) is 3.63. The molecule has 1 atom stereocenters. The van der Waals surface area contributed by atoms with Gasteiger partial charge in [-0.25, -0.2) is 0 Å². The number of nitrogens with one attached hydrogen (secondary N) is 1. The van der Waals surface area contributed by atoms with Crippen molar-refractivity contribution in [1.29, 1.82) is 0 Å². The van der Waals surface area contributed by atoms with Gasteiger partial charge in [0.25, 0.3) is 5.91 Å². The first-order valence-electron chi connectivity index (χ1n) is 10.7. The summed E-state index contributed by atoms with van der Waals surface area (Å²) < 4.78 is 0. The van der Waals surface area contributed by atoms with E-state index in [-0.39, 0.29) is 24.6 Å². The summed E-state index contributed by atoms with van der Waals surface area (Å²) in [5, 5.41) is 22.8. The number of benzene rings is 3. The SMILES string of the molecule is NCCC[C@H](C(=O)NCC(=O)O)N(Cc1ccc(O)cc1)C(=O)c1ccc2ccccc2c1. The minimum absolute atomic E-state index is 0.0880. The van der Waals surface area contributed by atoms with Crippen molar-refractivity contribution >= 4 is 28.6 Å². The topological polar surface area (TPSA) is 133 Å². The van der Waals surface area contributed by atoms with Gasteiger partial charge in [-0.2, -0.15) is 0 Å². The highest BCUT2D eigenvalue weighted by atomic mass is 16.4. The highest BCUT2D eigenvalue weighted by molar-refractivity contribution is 6.01. The Morgan fingerprint density at radius 3 is 2.33 bits per heavy atom. The smallest absolute Gasteiger partial charge is 0.322 e. The van der Waals surface area contributed by atoms with E-state index in [1.54, 1.807) is 24.3 Å². The van der Waals surface area contributed by atoms with Gasteiger partial charge in [-0.3, -0.25) is 14.4 Å². The van der Waals surface area contributed by atoms with Crippen molar-refractivity contribution in [3.8, 4) is 5.75 Å². The molecule has 0 saturated carbocycles. The van der Waals surface area contributed by atoms with E-state index in [9.17, 15) is 19.5 Å². The third kappa shape index (κ3) is 6.30. The highest BCUT2D eigenvalue weighted by Gasteiger charge is 2.30. The molecule has 8 heteroatoms. The maximum Gasteiger partial charge on any atom is 0.322 e. The molecular formula is C25H27N3O5. The van der Waals surface area contributed by atoms with Crippen LogP contribution in [0.3, 0.4) is 0 Å². The number of phenols is 1. The van der Waals surface area contributed by atoms with Gasteiger partial charge in [-0.15, -0.1) is 0 Å². The second-order valence-electron chi connectivity index (χ2n) is 7.72. The lowest BCUT2D eigenvalue weighted by Gasteiger charge is -2.31. The molecule has 0 radical (unpaired) electrons. The molecule has 33 heavy (non-hydrogen) atoms. The molecule has 0 aliphatic carbocycles. The number of aromatic hydroxyl groups is 1. The second kappa shape index (κ2) is 11.1. The second-order valence-corrected chi connectivity index (χ2v) is 7.72. The van der Waals surface area contributed by atoms with Crippen LogP contribution in [0, 0.1) is 0 Å².